The van der Waals surface area contributed by atoms with Gasteiger partial charge in [0.2, 0.25) is 0 Å². The number of carbonyl (C=O) groups excluding carboxylic acids is 1. The van der Waals surface area contributed by atoms with E-state index in [1.807, 2.05) is 18.2 Å². The molecule has 0 amide bonds. The Bertz CT molecular complexity index is 631. The molecule has 0 unspecified atom stereocenters. The molecule has 4 heteroatoms. The van der Waals surface area contributed by atoms with Gasteiger partial charge in [0.05, 0.1) is 29.3 Å². The average molecular weight is 269 g/mol. The highest BCUT2D eigenvalue weighted by Crippen LogP contribution is 2.07. The van der Waals surface area contributed by atoms with Crippen molar-refractivity contribution in [3.8, 4) is 11.8 Å². The van der Waals surface area contributed by atoms with Crippen LogP contribution in [0, 0.1) is 11.8 Å². The molecule has 0 saturated heterocycles. The summed E-state index contributed by atoms with van der Waals surface area (Å²) >= 11 is 1.51. The summed E-state index contributed by atoms with van der Waals surface area (Å²) in [5, 5.41) is 0. The minimum absolute atomic E-state index is 0.333. The van der Waals surface area contributed by atoms with E-state index in [0.717, 1.165) is 10.4 Å². The lowest BCUT2D eigenvalue weighted by molar-refractivity contribution is 0.0601. The highest BCUT2D eigenvalue weighted by molar-refractivity contribution is 7.10. The predicted molar refractivity (Wildman–Crippen MR) is 75.8 cm³/mol. The van der Waals surface area contributed by atoms with Gasteiger partial charge in [-0.2, -0.15) is 0 Å². The number of methoxy groups -OCH3 is 1. The second-order valence-corrected chi connectivity index (χ2v) is 4.47. The summed E-state index contributed by atoms with van der Waals surface area (Å²) in [6, 6.07) is 7.14. The number of aromatic nitrogens is 1. The van der Waals surface area contributed by atoms with E-state index >= 15 is 0 Å². The molecule has 0 N–H and O–H groups in total. The second-order valence-electron chi connectivity index (χ2n) is 3.58. The summed E-state index contributed by atoms with van der Waals surface area (Å²) in [5.41, 5.74) is 3.26. The Balaban J connectivity index is 2.01. The predicted octanol–water partition coefficient (Wildman–Crippen LogP) is 2.99. The first-order valence-corrected chi connectivity index (χ1v) is 6.42. The average Bonchev–Trinajstić information content (AvgIpc) is 2.96. The van der Waals surface area contributed by atoms with E-state index in [9.17, 15) is 4.79 Å². The number of ether oxygens (including phenoxy) is 1. The number of hydrogen-bond acceptors (Lipinski definition) is 4. The summed E-state index contributed by atoms with van der Waals surface area (Å²) in [6.07, 6.45) is 5.39. The first kappa shape index (κ1) is 13.1. The molecule has 0 saturated carbocycles. The van der Waals surface area contributed by atoms with Gasteiger partial charge in [-0.15, -0.1) is 11.3 Å². The van der Waals surface area contributed by atoms with Crippen LogP contribution in [0.4, 0.5) is 0 Å². The summed E-state index contributed by atoms with van der Waals surface area (Å²) in [7, 11) is 1.37. The van der Waals surface area contributed by atoms with Crippen molar-refractivity contribution < 1.29 is 9.53 Å². The molecule has 94 valence electrons. The quantitative estimate of drug-likeness (QED) is 0.621. The molecule has 0 radical (unpaired) electrons. The lowest BCUT2D eigenvalue weighted by Crippen LogP contribution is -2.00. The van der Waals surface area contributed by atoms with E-state index in [1.165, 1.54) is 18.4 Å². The Morgan fingerprint density at radius 3 is 2.79 bits per heavy atom. The molecule has 0 aliphatic heterocycles. The van der Waals surface area contributed by atoms with Gasteiger partial charge in [0, 0.05) is 0 Å². The van der Waals surface area contributed by atoms with E-state index in [0.29, 0.717) is 5.56 Å². The molecule has 1 aromatic carbocycles. The van der Waals surface area contributed by atoms with Crippen LogP contribution in [0.3, 0.4) is 0 Å². The molecular weight excluding hydrogens is 258 g/mol. The Hall–Kier alpha value is -2.38. The maximum absolute atomic E-state index is 11.2. The van der Waals surface area contributed by atoms with Gasteiger partial charge >= 0.3 is 5.97 Å². The monoisotopic (exact) mass is 269 g/mol. The highest BCUT2D eigenvalue weighted by atomic mass is 32.1. The fourth-order valence-corrected chi connectivity index (χ4v) is 1.85. The molecule has 0 fully saturated rings. The topological polar surface area (TPSA) is 39.2 Å². The highest BCUT2D eigenvalue weighted by Gasteiger charge is 2.02. The summed E-state index contributed by atoms with van der Waals surface area (Å²) in [6.45, 7) is 0. The van der Waals surface area contributed by atoms with Gasteiger partial charge in [-0.25, -0.2) is 4.79 Å². The third-order valence-electron chi connectivity index (χ3n) is 2.32. The zero-order valence-electron chi connectivity index (χ0n) is 10.3. The summed E-state index contributed by atoms with van der Waals surface area (Å²) in [4.78, 5) is 16.1. The van der Waals surface area contributed by atoms with Crippen LogP contribution in [0.2, 0.25) is 0 Å². The molecule has 0 bridgehead atoms. The van der Waals surface area contributed by atoms with Crippen molar-refractivity contribution in [1.82, 2.24) is 4.98 Å². The van der Waals surface area contributed by atoms with Gasteiger partial charge in [0.15, 0.2) is 0 Å². The SMILES string of the molecule is COC(=O)c1ccc(/C=C/C#Cc2cncs2)cc1. The van der Waals surface area contributed by atoms with Crippen molar-refractivity contribution >= 4 is 23.4 Å². The van der Waals surface area contributed by atoms with Crippen molar-refractivity contribution in [1.29, 1.82) is 0 Å². The molecule has 2 aromatic rings. The molecule has 1 heterocycles. The van der Waals surface area contributed by atoms with Crippen LogP contribution in [0.5, 0.6) is 0 Å². The van der Waals surface area contributed by atoms with E-state index in [2.05, 4.69) is 21.6 Å². The number of nitrogens with zero attached hydrogens (tertiary/aromatic N) is 1. The van der Waals surface area contributed by atoms with E-state index in [4.69, 9.17) is 0 Å². The molecule has 2 rings (SSSR count). The Kier molecular flexibility index (Phi) is 4.49. The normalized spacial score (nSPS) is 9.95. The van der Waals surface area contributed by atoms with Crippen molar-refractivity contribution in [3.63, 3.8) is 0 Å². The molecule has 0 atom stereocenters. The summed E-state index contributed by atoms with van der Waals surface area (Å²) < 4.78 is 4.63. The Morgan fingerprint density at radius 1 is 1.37 bits per heavy atom. The molecule has 0 aliphatic rings. The van der Waals surface area contributed by atoms with Gasteiger partial charge < -0.3 is 4.74 Å². The number of hydrogen-bond donors (Lipinski definition) is 0. The zero-order valence-corrected chi connectivity index (χ0v) is 11.1. The van der Waals surface area contributed by atoms with Crippen molar-refractivity contribution in [2.24, 2.45) is 0 Å². The van der Waals surface area contributed by atoms with Gasteiger partial charge in [-0.05, 0) is 35.8 Å². The number of thiazole rings is 1. The van der Waals surface area contributed by atoms with Crippen molar-refractivity contribution in [2.45, 2.75) is 0 Å². The molecule has 3 nitrogen and oxygen atoms in total. The van der Waals surface area contributed by atoms with E-state index in [-0.39, 0.29) is 5.97 Å². The van der Waals surface area contributed by atoms with Crippen LogP contribution in [-0.2, 0) is 4.74 Å². The van der Waals surface area contributed by atoms with E-state index < -0.39 is 0 Å². The molecule has 1 aromatic heterocycles. The largest absolute Gasteiger partial charge is 0.465 e. The number of esters is 1. The lowest BCUT2D eigenvalue weighted by atomic mass is 10.1. The van der Waals surface area contributed by atoms with Gasteiger partial charge in [-0.1, -0.05) is 18.1 Å². The number of rotatable bonds is 2. The second kappa shape index (κ2) is 6.53. The first-order chi connectivity index (χ1) is 9.29. The van der Waals surface area contributed by atoms with Crippen LogP contribution >= 0.6 is 11.3 Å². The minimum atomic E-state index is -0.333. The van der Waals surface area contributed by atoms with Crippen LogP contribution in [0.1, 0.15) is 20.8 Å². The number of allylic oxidation sites excluding steroid dienone is 1. The molecule has 0 spiro atoms. The van der Waals surface area contributed by atoms with Crippen LogP contribution in [-0.4, -0.2) is 18.1 Å². The Morgan fingerprint density at radius 2 is 2.16 bits per heavy atom. The number of benzene rings is 1. The Labute approximate surface area is 115 Å². The lowest BCUT2D eigenvalue weighted by Gasteiger charge is -1.98. The summed E-state index contributed by atoms with van der Waals surface area (Å²) in [5.74, 6) is 5.58. The van der Waals surface area contributed by atoms with Gasteiger partial charge in [0.1, 0.15) is 0 Å². The van der Waals surface area contributed by atoms with Crippen LogP contribution in [0.25, 0.3) is 6.08 Å². The minimum Gasteiger partial charge on any atom is -0.465 e. The van der Waals surface area contributed by atoms with Gasteiger partial charge in [0.25, 0.3) is 0 Å². The fraction of sp³-hybridized carbons (Fsp3) is 0.0667. The zero-order chi connectivity index (χ0) is 13.5. The first-order valence-electron chi connectivity index (χ1n) is 5.54. The number of carbonyl (C=O) groups is 1. The maximum Gasteiger partial charge on any atom is 0.337 e. The third-order valence-corrected chi connectivity index (χ3v) is 3.01. The van der Waals surface area contributed by atoms with Gasteiger partial charge in [-0.3, -0.25) is 4.98 Å². The smallest absolute Gasteiger partial charge is 0.337 e. The van der Waals surface area contributed by atoms with Crippen LogP contribution in [0.15, 0.2) is 42.0 Å². The van der Waals surface area contributed by atoms with Crippen molar-refractivity contribution in [3.05, 3.63) is 58.1 Å². The standard InChI is InChI=1S/C15H11NO2S/c1-18-15(17)13-8-6-12(7-9-13)4-2-3-5-14-10-16-11-19-14/h2,4,6-11H,1H3/b4-2+. The molecule has 19 heavy (non-hydrogen) atoms. The maximum atomic E-state index is 11.2. The molecular formula is C15H11NO2S. The molecule has 0 aliphatic carbocycles. The fourth-order valence-electron chi connectivity index (χ4n) is 1.38. The van der Waals surface area contributed by atoms with E-state index in [1.54, 1.807) is 29.9 Å². The van der Waals surface area contributed by atoms with Crippen molar-refractivity contribution in [2.75, 3.05) is 7.11 Å². The van der Waals surface area contributed by atoms with Crippen LogP contribution < -0.4 is 0 Å². The third kappa shape index (κ3) is 3.80.